The van der Waals surface area contributed by atoms with Crippen LogP contribution in [0.4, 0.5) is 0 Å². The number of sulfone groups is 1. The van der Waals surface area contributed by atoms with Crippen LogP contribution in [-0.2, 0) is 20.4 Å². The lowest BCUT2D eigenvalue weighted by atomic mass is 10.0. The summed E-state index contributed by atoms with van der Waals surface area (Å²) in [7, 11) is -3.53. The number of hydrogen-bond acceptors (Lipinski definition) is 4. The molecule has 27 heavy (non-hydrogen) atoms. The van der Waals surface area contributed by atoms with Crippen LogP contribution in [-0.4, -0.2) is 33.2 Å². The van der Waals surface area contributed by atoms with E-state index in [-0.39, 0.29) is 18.9 Å². The first-order valence-corrected chi connectivity index (χ1v) is 11.3. The van der Waals surface area contributed by atoms with Crippen LogP contribution >= 0.6 is 15.9 Å². The zero-order valence-electron chi connectivity index (χ0n) is 15.4. The summed E-state index contributed by atoms with van der Waals surface area (Å²) in [5.74, 6) is -0.0572. The highest BCUT2D eigenvalue weighted by Gasteiger charge is 2.17. The van der Waals surface area contributed by atoms with E-state index in [1.165, 1.54) is 5.56 Å². The van der Waals surface area contributed by atoms with E-state index in [0.717, 1.165) is 10.2 Å². The second-order valence-electron chi connectivity index (χ2n) is 6.58. The number of halogens is 1. The Morgan fingerprint density at radius 2 is 1.85 bits per heavy atom. The van der Waals surface area contributed by atoms with Crippen LogP contribution in [0, 0.1) is 0 Å². The Morgan fingerprint density at radius 3 is 2.48 bits per heavy atom. The molecule has 0 unspecified atom stereocenters. The van der Waals surface area contributed by atoms with Gasteiger partial charge in [0.05, 0.1) is 12.3 Å². The fourth-order valence-corrected chi connectivity index (χ4v) is 4.23. The van der Waals surface area contributed by atoms with Gasteiger partial charge in [-0.15, -0.1) is 0 Å². The van der Waals surface area contributed by atoms with E-state index in [9.17, 15) is 13.2 Å². The van der Waals surface area contributed by atoms with Crippen molar-refractivity contribution in [3.8, 4) is 5.75 Å². The fourth-order valence-electron chi connectivity index (χ4n) is 2.49. The number of carbonyl (C=O) groups is 1. The Kier molecular flexibility index (Phi) is 7.86. The number of hydrogen-bond donors (Lipinski definition) is 1. The summed E-state index contributed by atoms with van der Waals surface area (Å²) < 4.78 is 30.7. The molecule has 0 spiro atoms. The average Bonchev–Trinajstić information content (AvgIpc) is 2.58. The number of amides is 1. The van der Waals surface area contributed by atoms with Gasteiger partial charge in [0.25, 0.3) is 0 Å². The average molecular weight is 454 g/mol. The second kappa shape index (κ2) is 9.90. The molecule has 0 fully saturated rings. The molecule has 0 aliphatic heterocycles. The van der Waals surface area contributed by atoms with Crippen molar-refractivity contribution in [2.45, 2.75) is 25.5 Å². The molecule has 0 aromatic heterocycles. The summed E-state index contributed by atoms with van der Waals surface area (Å²) >= 11 is 3.30. The molecule has 1 N–H and O–H groups in total. The third-order valence-electron chi connectivity index (χ3n) is 3.87. The van der Waals surface area contributed by atoms with Crippen LogP contribution in [0.15, 0.2) is 53.0 Å². The van der Waals surface area contributed by atoms with Crippen LogP contribution in [0.3, 0.4) is 0 Å². The molecule has 0 radical (unpaired) electrons. The van der Waals surface area contributed by atoms with Crippen molar-refractivity contribution in [2.75, 3.05) is 18.9 Å². The van der Waals surface area contributed by atoms with Crippen LogP contribution < -0.4 is 10.1 Å². The van der Waals surface area contributed by atoms with Crippen molar-refractivity contribution in [1.29, 1.82) is 0 Å². The van der Waals surface area contributed by atoms with Crippen LogP contribution in [0.1, 0.15) is 30.9 Å². The lowest BCUT2D eigenvalue weighted by molar-refractivity contribution is -0.118. The summed E-state index contributed by atoms with van der Waals surface area (Å²) in [6, 6.07) is 14.8. The highest BCUT2D eigenvalue weighted by molar-refractivity contribution is 9.10. The van der Waals surface area contributed by atoms with E-state index in [1.807, 2.05) is 30.3 Å². The van der Waals surface area contributed by atoms with Crippen molar-refractivity contribution in [1.82, 2.24) is 5.32 Å². The third-order valence-corrected chi connectivity index (χ3v) is 5.83. The van der Waals surface area contributed by atoms with Gasteiger partial charge in [-0.3, -0.25) is 4.79 Å². The van der Waals surface area contributed by atoms with Gasteiger partial charge < -0.3 is 10.1 Å². The smallest absolute Gasteiger partial charge is 0.235 e. The van der Waals surface area contributed by atoms with Gasteiger partial charge >= 0.3 is 0 Å². The maximum Gasteiger partial charge on any atom is 0.235 e. The lowest BCUT2D eigenvalue weighted by Crippen LogP contribution is -2.33. The van der Waals surface area contributed by atoms with Gasteiger partial charge in [0.2, 0.25) is 5.91 Å². The number of carbonyl (C=O) groups excluding carboxylic acids is 1. The first-order chi connectivity index (χ1) is 12.7. The maximum atomic E-state index is 12.2. The minimum Gasteiger partial charge on any atom is -0.492 e. The molecule has 0 saturated carbocycles. The quantitative estimate of drug-likeness (QED) is 0.587. The molecule has 2 rings (SSSR count). The highest BCUT2D eigenvalue weighted by atomic mass is 79.9. The fraction of sp³-hybridized carbons (Fsp3) is 0.350. The summed E-state index contributed by atoms with van der Waals surface area (Å²) in [5.41, 5.74) is 1.87. The van der Waals surface area contributed by atoms with Crippen molar-refractivity contribution in [3.63, 3.8) is 0 Å². The van der Waals surface area contributed by atoms with Gasteiger partial charge in [0.15, 0.2) is 9.84 Å². The summed E-state index contributed by atoms with van der Waals surface area (Å²) in [6.45, 7) is 4.77. The lowest BCUT2D eigenvalue weighted by Gasteiger charge is -2.10. The van der Waals surface area contributed by atoms with Gasteiger partial charge in [0, 0.05) is 4.47 Å². The number of nitrogens with one attached hydrogen (secondary N) is 1. The van der Waals surface area contributed by atoms with Crippen LogP contribution in [0.2, 0.25) is 0 Å². The van der Waals surface area contributed by atoms with E-state index in [0.29, 0.717) is 11.5 Å². The standard InChI is InChI=1S/C20H24BrNO4S/c1-15(2)17-6-8-19(9-7-17)26-11-10-22-20(23)14-27(24,25)13-16-4-3-5-18(21)12-16/h3-9,12,15H,10-11,13-14H2,1-2H3,(H,22,23). The van der Waals surface area contributed by atoms with Crippen molar-refractivity contribution in [2.24, 2.45) is 0 Å². The van der Waals surface area contributed by atoms with Crippen molar-refractivity contribution in [3.05, 3.63) is 64.1 Å². The predicted molar refractivity (Wildman–Crippen MR) is 111 cm³/mol. The molecule has 5 nitrogen and oxygen atoms in total. The van der Waals surface area contributed by atoms with Crippen molar-refractivity contribution < 1.29 is 17.9 Å². The number of benzene rings is 2. The number of ether oxygens (including phenoxy) is 1. The van der Waals surface area contributed by atoms with Gasteiger partial charge in [0.1, 0.15) is 18.1 Å². The van der Waals surface area contributed by atoms with E-state index < -0.39 is 21.5 Å². The van der Waals surface area contributed by atoms with Gasteiger partial charge in [-0.25, -0.2) is 8.42 Å². The Hall–Kier alpha value is -1.86. The molecule has 0 aliphatic carbocycles. The second-order valence-corrected chi connectivity index (χ2v) is 9.56. The maximum absolute atomic E-state index is 12.2. The molecule has 146 valence electrons. The molecule has 0 heterocycles. The molecule has 2 aromatic carbocycles. The number of rotatable bonds is 9. The van der Waals surface area contributed by atoms with Gasteiger partial charge in [-0.2, -0.15) is 0 Å². The molecule has 7 heteroatoms. The molecule has 0 saturated heterocycles. The third kappa shape index (κ3) is 7.72. The minimum atomic E-state index is -3.53. The predicted octanol–water partition coefficient (Wildman–Crippen LogP) is 3.68. The molecule has 2 aromatic rings. The van der Waals surface area contributed by atoms with E-state index in [1.54, 1.807) is 18.2 Å². The van der Waals surface area contributed by atoms with Crippen LogP contribution in [0.25, 0.3) is 0 Å². The Bertz CT molecular complexity index is 864. The van der Waals surface area contributed by atoms with Crippen molar-refractivity contribution >= 4 is 31.7 Å². The van der Waals surface area contributed by atoms with E-state index in [4.69, 9.17) is 4.74 Å². The molecule has 0 bridgehead atoms. The summed E-state index contributed by atoms with van der Waals surface area (Å²) in [5, 5.41) is 2.58. The monoisotopic (exact) mass is 453 g/mol. The molecule has 0 atom stereocenters. The topological polar surface area (TPSA) is 72.5 Å². The summed E-state index contributed by atoms with van der Waals surface area (Å²) in [4.78, 5) is 11.9. The molecule has 0 aliphatic rings. The van der Waals surface area contributed by atoms with Gasteiger partial charge in [-0.1, -0.05) is 54.0 Å². The van der Waals surface area contributed by atoms with Gasteiger partial charge in [-0.05, 0) is 41.3 Å². The Morgan fingerprint density at radius 1 is 1.15 bits per heavy atom. The Balaban J connectivity index is 1.73. The zero-order valence-corrected chi connectivity index (χ0v) is 17.8. The highest BCUT2D eigenvalue weighted by Crippen LogP contribution is 2.18. The molecule has 1 amide bonds. The van der Waals surface area contributed by atoms with E-state index in [2.05, 4.69) is 35.1 Å². The normalized spacial score (nSPS) is 11.4. The molecular formula is C20H24BrNO4S. The SMILES string of the molecule is CC(C)c1ccc(OCCNC(=O)CS(=O)(=O)Cc2cccc(Br)c2)cc1. The summed E-state index contributed by atoms with van der Waals surface area (Å²) in [6.07, 6.45) is 0. The first kappa shape index (κ1) is 21.4. The Labute approximate surface area is 169 Å². The largest absolute Gasteiger partial charge is 0.492 e. The zero-order chi connectivity index (χ0) is 19.9. The molecular weight excluding hydrogens is 430 g/mol. The first-order valence-electron chi connectivity index (χ1n) is 8.69. The van der Waals surface area contributed by atoms with Crippen LogP contribution in [0.5, 0.6) is 5.75 Å². The van der Waals surface area contributed by atoms with E-state index >= 15 is 0 Å². The minimum absolute atomic E-state index is 0.168.